The van der Waals surface area contributed by atoms with Crippen molar-refractivity contribution in [2.24, 2.45) is 0 Å². The second kappa shape index (κ2) is 6.00. The van der Waals surface area contributed by atoms with Crippen molar-refractivity contribution in [1.29, 1.82) is 0 Å². The maximum atomic E-state index is 12.5. The molecule has 1 fully saturated rings. The predicted octanol–water partition coefficient (Wildman–Crippen LogP) is 2.19. The zero-order valence-electron chi connectivity index (χ0n) is 13.1. The Balaban J connectivity index is 1.78. The number of amides is 1. The molecule has 1 aliphatic heterocycles. The van der Waals surface area contributed by atoms with Crippen LogP contribution in [0.3, 0.4) is 0 Å². The van der Waals surface area contributed by atoms with E-state index in [4.69, 9.17) is 4.74 Å². The summed E-state index contributed by atoms with van der Waals surface area (Å²) >= 11 is 0. The van der Waals surface area contributed by atoms with Crippen LogP contribution in [0, 0.1) is 10.1 Å². The van der Waals surface area contributed by atoms with Gasteiger partial charge in [-0.3, -0.25) is 14.9 Å². The number of carbonyl (C=O) groups excluding carboxylic acids is 1. The fourth-order valence-electron chi connectivity index (χ4n) is 3.07. The largest absolute Gasteiger partial charge is 0.372 e. The third-order valence-corrected chi connectivity index (χ3v) is 4.04. The van der Waals surface area contributed by atoms with Gasteiger partial charge in [0.1, 0.15) is 6.54 Å². The third-order valence-electron chi connectivity index (χ3n) is 4.04. The van der Waals surface area contributed by atoms with Gasteiger partial charge < -0.3 is 14.2 Å². The highest BCUT2D eigenvalue weighted by Crippen LogP contribution is 2.22. The van der Waals surface area contributed by atoms with Crippen molar-refractivity contribution in [1.82, 2.24) is 9.47 Å². The number of rotatable bonds is 3. The van der Waals surface area contributed by atoms with Crippen molar-refractivity contribution in [3.05, 3.63) is 40.6 Å². The number of morpholine rings is 1. The zero-order chi connectivity index (χ0) is 16.6. The maximum Gasteiger partial charge on any atom is 0.270 e. The van der Waals surface area contributed by atoms with Crippen molar-refractivity contribution in [3.8, 4) is 0 Å². The van der Waals surface area contributed by atoms with Crippen LogP contribution in [0.5, 0.6) is 0 Å². The number of ether oxygens (including phenoxy) is 1. The molecule has 7 heteroatoms. The minimum Gasteiger partial charge on any atom is -0.372 e. The van der Waals surface area contributed by atoms with E-state index >= 15 is 0 Å². The number of hydrogen-bond donors (Lipinski definition) is 0. The van der Waals surface area contributed by atoms with E-state index in [1.807, 2.05) is 23.3 Å². The molecule has 0 radical (unpaired) electrons. The van der Waals surface area contributed by atoms with Gasteiger partial charge in [-0.05, 0) is 26.0 Å². The number of benzene rings is 1. The molecular weight excluding hydrogens is 298 g/mol. The standard InChI is InChI=1S/C16H19N3O4/c1-11-8-18(9-12(2)23-11)16(20)10-17-6-5-13-7-14(19(21)22)3-4-15(13)17/h3-7,11-12H,8-10H2,1-2H3/t11-,12+. The first-order chi connectivity index (χ1) is 10.9. The van der Waals surface area contributed by atoms with Crippen LogP contribution in [-0.2, 0) is 16.1 Å². The van der Waals surface area contributed by atoms with Crippen LogP contribution < -0.4 is 0 Å². The first kappa shape index (κ1) is 15.5. The molecule has 0 spiro atoms. The van der Waals surface area contributed by atoms with Gasteiger partial charge in [0.05, 0.1) is 17.1 Å². The van der Waals surface area contributed by atoms with Crippen LogP contribution in [0.1, 0.15) is 13.8 Å². The van der Waals surface area contributed by atoms with Gasteiger partial charge in [0.15, 0.2) is 0 Å². The van der Waals surface area contributed by atoms with Crippen LogP contribution in [0.15, 0.2) is 30.5 Å². The molecule has 0 saturated carbocycles. The number of carbonyl (C=O) groups is 1. The minimum atomic E-state index is -0.418. The van der Waals surface area contributed by atoms with Gasteiger partial charge in [-0.2, -0.15) is 0 Å². The molecule has 2 atom stereocenters. The van der Waals surface area contributed by atoms with Gasteiger partial charge in [-0.1, -0.05) is 0 Å². The second-order valence-electron chi connectivity index (χ2n) is 6.00. The van der Waals surface area contributed by atoms with E-state index in [1.165, 1.54) is 12.1 Å². The minimum absolute atomic E-state index is 0.0304. The molecule has 2 heterocycles. The van der Waals surface area contributed by atoms with Crippen molar-refractivity contribution < 1.29 is 14.5 Å². The van der Waals surface area contributed by atoms with Crippen LogP contribution in [0.4, 0.5) is 5.69 Å². The fourth-order valence-corrected chi connectivity index (χ4v) is 3.07. The summed E-state index contributed by atoms with van der Waals surface area (Å²) in [5, 5.41) is 11.6. The van der Waals surface area contributed by atoms with Crippen molar-refractivity contribution in [3.63, 3.8) is 0 Å². The summed E-state index contributed by atoms with van der Waals surface area (Å²) in [6.45, 7) is 5.32. The third kappa shape index (κ3) is 3.19. The molecule has 1 aliphatic rings. The molecule has 0 bridgehead atoms. The van der Waals surface area contributed by atoms with Crippen molar-refractivity contribution in [2.75, 3.05) is 13.1 Å². The van der Waals surface area contributed by atoms with E-state index in [-0.39, 0.29) is 30.3 Å². The number of non-ortho nitro benzene ring substituents is 1. The molecule has 1 saturated heterocycles. The molecule has 7 nitrogen and oxygen atoms in total. The van der Waals surface area contributed by atoms with Crippen LogP contribution in [0.25, 0.3) is 10.9 Å². The number of nitro groups is 1. The van der Waals surface area contributed by atoms with Crippen LogP contribution in [-0.4, -0.2) is 45.6 Å². The first-order valence-corrected chi connectivity index (χ1v) is 7.60. The molecule has 0 aliphatic carbocycles. The van der Waals surface area contributed by atoms with E-state index in [2.05, 4.69) is 0 Å². The Morgan fingerprint density at radius 1 is 1.30 bits per heavy atom. The van der Waals surface area contributed by atoms with Gasteiger partial charge in [0.25, 0.3) is 5.69 Å². The predicted molar refractivity (Wildman–Crippen MR) is 85.2 cm³/mol. The Labute approximate surface area is 133 Å². The Hall–Kier alpha value is -2.41. The van der Waals surface area contributed by atoms with Crippen molar-refractivity contribution in [2.45, 2.75) is 32.6 Å². The lowest BCUT2D eigenvalue weighted by Crippen LogP contribution is -2.49. The number of hydrogen-bond acceptors (Lipinski definition) is 4. The number of aromatic nitrogens is 1. The molecule has 3 rings (SSSR count). The van der Waals surface area contributed by atoms with Gasteiger partial charge in [-0.15, -0.1) is 0 Å². The van der Waals surface area contributed by atoms with E-state index in [0.717, 1.165) is 10.9 Å². The topological polar surface area (TPSA) is 77.6 Å². The van der Waals surface area contributed by atoms with Crippen molar-refractivity contribution >= 4 is 22.5 Å². The van der Waals surface area contributed by atoms with Gasteiger partial charge in [0.2, 0.25) is 5.91 Å². The van der Waals surface area contributed by atoms with Gasteiger partial charge >= 0.3 is 0 Å². The SMILES string of the molecule is C[C@@H]1CN(C(=O)Cn2ccc3cc([N+](=O)[O-])ccc32)C[C@H](C)O1. The van der Waals surface area contributed by atoms with Crippen LogP contribution >= 0.6 is 0 Å². The summed E-state index contributed by atoms with van der Waals surface area (Å²) in [4.78, 5) is 24.7. The molecule has 2 aromatic rings. The lowest BCUT2D eigenvalue weighted by atomic mass is 10.2. The summed E-state index contributed by atoms with van der Waals surface area (Å²) in [6.07, 6.45) is 1.86. The highest BCUT2D eigenvalue weighted by Gasteiger charge is 2.26. The van der Waals surface area contributed by atoms with Gasteiger partial charge in [-0.25, -0.2) is 0 Å². The number of nitrogens with zero attached hydrogens (tertiary/aromatic N) is 3. The normalized spacial score (nSPS) is 21.6. The van der Waals surface area contributed by atoms with E-state index in [0.29, 0.717) is 13.1 Å². The second-order valence-corrected chi connectivity index (χ2v) is 6.00. The Morgan fingerprint density at radius 3 is 2.65 bits per heavy atom. The Kier molecular flexibility index (Phi) is 4.04. The molecule has 23 heavy (non-hydrogen) atoms. The summed E-state index contributed by atoms with van der Waals surface area (Å²) in [5.41, 5.74) is 0.871. The quantitative estimate of drug-likeness (QED) is 0.642. The summed E-state index contributed by atoms with van der Waals surface area (Å²) in [5.74, 6) is 0.0304. The highest BCUT2D eigenvalue weighted by atomic mass is 16.6. The first-order valence-electron chi connectivity index (χ1n) is 7.60. The molecule has 0 unspecified atom stereocenters. The number of nitro benzene ring substituents is 1. The summed E-state index contributed by atoms with van der Waals surface area (Å²) < 4.78 is 7.47. The van der Waals surface area contributed by atoms with E-state index in [9.17, 15) is 14.9 Å². The zero-order valence-corrected chi connectivity index (χ0v) is 13.1. The Bertz CT molecular complexity index is 745. The smallest absolute Gasteiger partial charge is 0.270 e. The van der Waals surface area contributed by atoms with Gasteiger partial charge in [0, 0.05) is 42.3 Å². The molecular formula is C16H19N3O4. The lowest BCUT2D eigenvalue weighted by Gasteiger charge is -2.35. The van der Waals surface area contributed by atoms with E-state index < -0.39 is 4.92 Å². The highest BCUT2D eigenvalue weighted by molar-refractivity contribution is 5.85. The summed E-state index contributed by atoms with van der Waals surface area (Å²) in [6, 6.07) is 6.46. The molecule has 0 N–H and O–H groups in total. The molecule has 122 valence electrons. The Morgan fingerprint density at radius 2 is 2.00 bits per heavy atom. The lowest BCUT2D eigenvalue weighted by molar-refractivity contribution is -0.384. The monoisotopic (exact) mass is 317 g/mol. The average molecular weight is 317 g/mol. The number of fused-ring (bicyclic) bond motifs is 1. The maximum absolute atomic E-state index is 12.5. The summed E-state index contributed by atoms with van der Waals surface area (Å²) in [7, 11) is 0. The molecule has 1 aromatic heterocycles. The average Bonchev–Trinajstić information content (AvgIpc) is 2.88. The molecule has 1 amide bonds. The fraction of sp³-hybridized carbons (Fsp3) is 0.438. The van der Waals surface area contributed by atoms with E-state index in [1.54, 1.807) is 18.3 Å². The molecule has 1 aromatic carbocycles. The van der Waals surface area contributed by atoms with Crippen LogP contribution in [0.2, 0.25) is 0 Å².